The van der Waals surface area contributed by atoms with Gasteiger partial charge in [-0.1, -0.05) is 0 Å². The molecule has 5 heteroatoms. The molecule has 0 spiro atoms. The third-order valence-corrected chi connectivity index (χ3v) is 1.66. The molecule has 0 saturated carbocycles. The molecule has 1 unspecified atom stereocenters. The van der Waals surface area contributed by atoms with Crippen molar-refractivity contribution in [2.45, 2.75) is 18.9 Å². The van der Waals surface area contributed by atoms with Crippen LogP contribution in [0.3, 0.4) is 0 Å². The molecule has 0 fully saturated rings. The lowest BCUT2D eigenvalue weighted by Crippen LogP contribution is -3.00. The van der Waals surface area contributed by atoms with Gasteiger partial charge in [0.05, 0.1) is 0 Å². The molecule has 0 aromatic carbocycles. The number of hydrogen-bond donors (Lipinski definition) is 1. The molecule has 70 valence electrons. The molecule has 0 aromatic rings. The van der Waals surface area contributed by atoms with E-state index >= 15 is 0 Å². The molecule has 0 bridgehead atoms. The Morgan fingerprint density at radius 3 is 1.64 bits per heavy atom. The van der Waals surface area contributed by atoms with E-state index in [2.05, 4.69) is 5.73 Å². The minimum Gasteiger partial charge on any atom is -1.00 e. The van der Waals surface area contributed by atoms with Gasteiger partial charge in [0.15, 0.2) is 6.10 Å². The van der Waals surface area contributed by atoms with Crippen LogP contribution in [0.25, 0.3) is 0 Å². The third kappa shape index (κ3) is 3.35. The van der Waals surface area contributed by atoms with Gasteiger partial charge >= 0.3 is 5.91 Å². The lowest BCUT2D eigenvalue weighted by Gasteiger charge is -2.26. The highest BCUT2D eigenvalue weighted by Crippen LogP contribution is 2.08. The van der Waals surface area contributed by atoms with Crippen LogP contribution in [0.1, 0.15) is 6.92 Å². The van der Waals surface area contributed by atoms with Crippen molar-refractivity contribution in [1.82, 2.24) is 0 Å². The number of rotatable bonds is 4. The fourth-order valence-electron chi connectivity index (χ4n) is 0.595. The molecule has 0 radical (unpaired) electrons. The Hall–Kier alpha value is 0.130. The normalized spacial score (nSPS) is 13.9. The van der Waals surface area contributed by atoms with Crippen molar-refractivity contribution >= 4 is 0 Å². The van der Waals surface area contributed by atoms with Gasteiger partial charge in [-0.3, -0.25) is 0 Å². The largest absolute Gasteiger partial charge is 1.00 e. The molecule has 0 aliphatic heterocycles. The maximum atomic E-state index is 4.98. The Morgan fingerprint density at radius 2 is 1.55 bits per heavy atom. The molecule has 0 rings (SSSR count). The third-order valence-electron chi connectivity index (χ3n) is 1.66. The van der Waals surface area contributed by atoms with E-state index in [9.17, 15) is 0 Å². The molecule has 3 N–H and O–H groups in total. The first-order valence-corrected chi connectivity index (χ1v) is 3.09. The van der Waals surface area contributed by atoms with E-state index in [1.54, 1.807) is 7.11 Å². The SMILES string of the molecule is COC(C)C([NH3+])(OC)OC.[Cl-]. The number of ether oxygens (including phenoxy) is 3. The zero-order valence-electron chi connectivity index (χ0n) is 7.39. The van der Waals surface area contributed by atoms with Gasteiger partial charge in [0, 0.05) is 21.3 Å². The minimum atomic E-state index is -0.880. The van der Waals surface area contributed by atoms with E-state index in [1.807, 2.05) is 6.92 Å². The second kappa shape index (κ2) is 5.74. The van der Waals surface area contributed by atoms with E-state index in [0.717, 1.165) is 0 Å². The van der Waals surface area contributed by atoms with Gasteiger partial charge in [-0.15, -0.1) is 0 Å². The van der Waals surface area contributed by atoms with Crippen LogP contribution in [-0.2, 0) is 14.2 Å². The van der Waals surface area contributed by atoms with Crippen LogP contribution in [0.15, 0.2) is 0 Å². The van der Waals surface area contributed by atoms with Gasteiger partial charge in [-0.2, -0.15) is 0 Å². The molecule has 1 atom stereocenters. The van der Waals surface area contributed by atoms with Crippen molar-refractivity contribution in [2.75, 3.05) is 21.3 Å². The van der Waals surface area contributed by atoms with Crippen LogP contribution < -0.4 is 18.1 Å². The van der Waals surface area contributed by atoms with E-state index in [-0.39, 0.29) is 18.5 Å². The molecular formula is C6H16ClNO3. The Balaban J connectivity index is 0. The van der Waals surface area contributed by atoms with Crippen molar-refractivity contribution < 1.29 is 32.4 Å². The van der Waals surface area contributed by atoms with Crippen LogP contribution in [0.5, 0.6) is 0 Å². The molecule has 0 aliphatic carbocycles. The second-order valence-electron chi connectivity index (χ2n) is 2.10. The molecule has 0 aliphatic rings. The summed E-state index contributed by atoms with van der Waals surface area (Å²) in [5, 5.41) is 0. The van der Waals surface area contributed by atoms with Crippen molar-refractivity contribution in [2.24, 2.45) is 0 Å². The van der Waals surface area contributed by atoms with Crippen molar-refractivity contribution in [3.05, 3.63) is 0 Å². The lowest BCUT2D eigenvalue weighted by atomic mass is 10.3. The molecule has 0 aromatic heterocycles. The standard InChI is InChI=1S/C6H15NO3.ClH/c1-5(8-2)6(7,9-3)10-4;/h5H,7H2,1-4H3;1H. The van der Waals surface area contributed by atoms with E-state index in [1.165, 1.54) is 14.2 Å². The maximum absolute atomic E-state index is 4.98. The highest BCUT2D eigenvalue weighted by molar-refractivity contribution is 4.59. The summed E-state index contributed by atoms with van der Waals surface area (Å²) in [6.45, 7) is 1.83. The summed E-state index contributed by atoms with van der Waals surface area (Å²) in [5.41, 5.74) is 3.71. The first-order valence-electron chi connectivity index (χ1n) is 3.09. The smallest absolute Gasteiger partial charge is 0.340 e. The first kappa shape index (κ1) is 13.7. The second-order valence-corrected chi connectivity index (χ2v) is 2.10. The molecule has 4 nitrogen and oxygen atoms in total. The van der Waals surface area contributed by atoms with Crippen molar-refractivity contribution in [3.63, 3.8) is 0 Å². The van der Waals surface area contributed by atoms with Gasteiger partial charge in [0.2, 0.25) is 0 Å². The number of methoxy groups -OCH3 is 3. The summed E-state index contributed by atoms with van der Waals surface area (Å²) in [5.74, 6) is -0.880. The van der Waals surface area contributed by atoms with Gasteiger partial charge in [0.25, 0.3) is 0 Å². The number of quaternary nitrogens is 1. The quantitative estimate of drug-likeness (QED) is 0.458. The summed E-state index contributed by atoms with van der Waals surface area (Å²) in [4.78, 5) is 0. The number of hydrogen-bond acceptors (Lipinski definition) is 3. The lowest BCUT2D eigenvalue weighted by molar-refractivity contribution is -0.642. The van der Waals surface area contributed by atoms with Gasteiger partial charge in [-0.25, -0.2) is 0 Å². The summed E-state index contributed by atoms with van der Waals surface area (Å²) in [6.07, 6.45) is -0.178. The predicted octanol–water partition coefficient (Wildman–Crippen LogP) is -3.79. The van der Waals surface area contributed by atoms with Crippen LogP contribution in [0, 0.1) is 0 Å². The fourth-order valence-corrected chi connectivity index (χ4v) is 0.595. The summed E-state index contributed by atoms with van der Waals surface area (Å²) in [7, 11) is 4.65. The zero-order valence-corrected chi connectivity index (χ0v) is 8.14. The van der Waals surface area contributed by atoms with E-state index in [4.69, 9.17) is 14.2 Å². The first-order chi connectivity index (χ1) is 4.60. The summed E-state index contributed by atoms with van der Waals surface area (Å²) >= 11 is 0. The molecule has 0 amide bonds. The topological polar surface area (TPSA) is 55.3 Å². The maximum Gasteiger partial charge on any atom is 0.340 e. The van der Waals surface area contributed by atoms with Crippen LogP contribution in [0.2, 0.25) is 0 Å². The molecule has 0 heterocycles. The van der Waals surface area contributed by atoms with Crippen LogP contribution in [-0.4, -0.2) is 33.3 Å². The van der Waals surface area contributed by atoms with Gasteiger partial charge in [0.1, 0.15) is 0 Å². The van der Waals surface area contributed by atoms with Crippen LogP contribution in [0.4, 0.5) is 0 Å². The fraction of sp³-hybridized carbons (Fsp3) is 1.00. The van der Waals surface area contributed by atoms with E-state index in [0.29, 0.717) is 0 Å². The zero-order chi connectivity index (χ0) is 8.20. The van der Waals surface area contributed by atoms with Gasteiger partial charge < -0.3 is 32.4 Å². The monoisotopic (exact) mass is 185 g/mol. The van der Waals surface area contributed by atoms with Crippen molar-refractivity contribution in [1.29, 1.82) is 0 Å². The highest BCUT2D eigenvalue weighted by Gasteiger charge is 2.36. The average molecular weight is 186 g/mol. The molecule has 0 saturated heterocycles. The Labute approximate surface area is 73.4 Å². The van der Waals surface area contributed by atoms with Gasteiger partial charge in [-0.05, 0) is 6.92 Å². The Bertz CT molecular complexity index is 97.8. The highest BCUT2D eigenvalue weighted by atomic mass is 35.5. The predicted molar refractivity (Wildman–Crippen MR) is 36.1 cm³/mol. The Kier molecular flexibility index (Phi) is 7.15. The number of halogens is 1. The summed E-state index contributed by atoms with van der Waals surface area (Å²) in [6, 6.07) is 0. The average Bonchev–Trinajstić information content (AvgIpc) is 2.01. The molecule has 11 heavy (non-hydrogen) atoms. The minimum absolute atomic E-state index is 0. The van der Waals surface area contributed by atoms with Crippen molar-refractivity contribution in [3.8, 4) is 0 Å². The van der Waals surface area contributed by atoms with E-state index < -0.39 is 5.91 Å². The molecular weight excluding hydrogens is 170 g/mol. The van der Waals surface area contributed by atoms with Crippen LogP contribution >= 0.6 is 0 Å². The summed E-state index contributed by atoms with van der Waals surface area (Å²) < 4.78 is 14.9. The Morgan fingerprint density at radius 1 is 1.18 bits per heavy atom.